The number of hydrogen-bond acceptors (Lipinski definition) is 4. The molecule has 5 heteroatoms. The molecule has 0 saturated carbocycles. The second kappa shape index (κ2) is 6.95. The Labute approximate surface area is 148 Å². The number of cyclic esters (lactones) is 1. The number of carbonyl (C=O) groups is 1. The molecule has 1 aliphatic heterocycles. The van der Waals surface area contributed by atoms with Gasteiger partial charge in [-0.3, -0.25) is 0 Å². The van der Waals surface area contributed by atoms with Gasteiger partial charge in [0.25, 0.3) is 0 Å². The van der Waals surface area contributed by atoms with Crippen LogP contribution in [0, 0.1) is 3.57 Å². The van der Waals surface area contributed by atoms with Gasteiger partial charge in [0.15, 0.2) is 5.70 Å². The fraction of sp³-hybridized carbons (Fsp3) is 0.111. The Hall–Kier alpha value is -2.15. The van der Waals surface area contributed by atoms with E-state index in [2.05, 4.69) is 27.6 Å². The lowest BCUT2D eigenvalue weighted by Gasteiger charge is -2.06. The molecule has 1 aliphatic rings. The molecule has 0 atom stereocenters. The third kappa shape index (κ3) is 3.61. The molecule has 0 fully saturated rings. The smallest absolute Gasteiger partial charge is 0.363 e. The summed E-state index contributed by atoms with van der Waals surface area (Å²) >= 11 is 2.21. The average molecular weight is 419 g/mol. The van der Waals surface area contributed by atoms with E-state index in [-0.39, 0.29) is 5.70 Å². The first-order chi connectivity index (χ1) is 11.2. The Bertz CT molecular complexity index is 811. The molecule has 1 heterocycles. The van der Waals surface area contributed by atoms with Crippen LogP contribution in [0.15, 0.2) is 59.2 Å². The topological polar surface area (TPSA) is 47.9 Å². The first kappa shape index (κ1) is 15.7. The van der Waals surface area contributed by atoms with Crippen molar-refractivity contribution in [2.45, 2.75) is 6.92 Å². The summed E-state index contributed by atoms with van der Waals surface area (Å²) in [6, 6.07) is 15.2. The lowest BCUT2D eigenvalue weighted by atomic mass is 10.1. The molecule has 0 amide bonds. The molecule has 2 aromatic rings. The van der Waals surface area contributed by atoms with Crippen molar-refractivity contribution in [1.82, 2.24) is 0 Å². The molecule has 0 saturated heterocycles. The molecule has 23 heavy (non-hydrogen) atoms. The minimum Gasteiger partial charge on any atom is -0.493 e. The van der Waals surface area contributed by atoms with Gasteiger partial charge in [-0.1, -0.05) is 24.3 Å². The second-order valence-electron chi connectivity index (χ2n) is 4.82. The average Bonchev–Trinajstić information content (AvgIpc) is 2.91. The van der Waals surface area contributed by atoms with Crippen LogP contribution in [0.1, 0.15) is 18.1 Å². The van der Waals surface area contributed by atoms with Gasteiger partial charge in [0.2, 0.25) is 5.90 Å². The number of carbonyl (C=O) groups excluding carboxylic acids is 1. The summed E-state index contributed by atoms with van der Waals surface area (Å²) in [6.45, 7) is 2.47. The molecular weight excluding hydrogens is 405 g/mol. The molecule has 0 spiro atoms. The van der Waals surface area contributed by atoms with Crippen molar-refractivity contribution in [2.24, 2.45) is 4.99 Å². The van der Waals surface area contributed by atoms with E-state index in [1.807, 2.05) is 55.5 Å². The van der Waals surface area contributed by atoms with E-state index in [1.54, 1.807) is 6.08 Å². The minimum atomic E-state index is -0.454. The van der Waals surface area contributed by atoms with Gasteiger partial charge in [-0.05, 0) is 59.9 Å². The van der Waals surface area contributed by atoms with Crippen LogP contribution in [-0.4, -0.2) is 18.5 Å². The van der Waals surface area contributed by atoms with Crippen molar-refractivity contribution in [3.63, 3.8) is 0 Å². The Morgan fingerprint density at radius 2 is 2.04 bits per heavy atom. The SMILES string of the molecule is CCOc1ccccc1C=C1N=C(c2cccc(I)c2)OC1=O. The maximum absolute atomic E-state index is 12.1. The van der Waals surface area contributed by atoms with Gasteiger partial charge in [-0.15, -0.1) is 0 Å². The summed E-state index contributed by atoms with van der Waals surface area (Å²) < 4.78 is 11.9. The summed E-state index contributed by atoms with van der Waals surface area (Å²) in [7, 11) is 0. The van der Waals surface area contributed by atoms with Gasteiger partial charge in [0.1, 0.15) is 5.75 Å². The summed E-state index contributed by atoms with van der Waals surface area (Å²) in [6.07, 6.45) is 1.69. The molecule has 2 aromatic carbocycles. The van der Waals surface area contributed by atoms with Crippen LogP contribution >= 0.6 is 22.6 Å². The predicted molar refractivity (Wildman–Crippen MR) is 97.4 cm³/mol. The number of nitrogens with zero attached hydrogens (tertiary/aromatic N) is 1. The van der Waals surface area contributed by atoms with E-state index in [4.69, 9.17) is 9.47 Å². The number of benzene rings is 2. The minimum absolute atomic E-state index is 0.269. The quantitative estimate of drug-likeness (QED) is 0.427. The van der Waals surface area contributed by atoms with Gasteiger partial charge < -0.3 is 9.47 Å². The number of ether oxygens (including phenoxy) is 2. The monoisotopic (exact) mass is 419 g/mol. The molecule has 3 rings (SSSR count). The fourth-order valence-electron chi connectivity index (χ4n) is 2.19. The maximum Gasteiger partial charge on any atom is 0.363 e. The normalized spacial score (nSPS) is 15.5. The highest BCUT2D eigenvalue weighted by Crippen LogP contribution is 2.25. The van der Waals surface area contributed by atoms with Crippen molar-refractivity contribution >= 4 is 40.5 Å². The van der Waals surface area contributed by atoms with Crippen LogP contribution in [0.5, 0.6) is 5.75 Å². The van der Waals surface area contributed by atoms with E-state index < -0.39 is 5.97 Å². The van der Waals surface area contributed by atoms with Crippen LogP contribution in [0.25, 0.3) is 6.08 Å². The standard InChI is InChI=1S/C18H14INO3/c1-2-22-16-9-4-3-6-12(16)11-15-18(21)23-17(20-15)13-7-5-8-14(19)10-13/h3-11H,2H2,1H3. The molecule has 116 valence electrons. The zero-order chi connectivity index (χ0) is 16.2. The van der Waals surface area contributed by atoms with Crippen molar-refractivity contribution in [3.8, 4) is 5.75 Å². The van der Waals surface area contributed by atoms with Crippen molar-refractivity contribution in [1.29, 1.82) is 0 Å². The van der Waals surface area contributed by atoms with Crippen LogP contribution in [0.3, 0.4) is 0 Å². The van der Waals surface area contributed by atoms with Gasteiger partial charge in [0.05, 0.1) is 6.61 Å². The summed E-state index contributed by atoms with van der Waals surface area (Å²) in [5.74, 6) is 0.590. The number of hydrogen-bond donors (Lipinski definition) is 0. The van der Waals surface area contributed by atoms with E-state index in [0.717, 1.165) is 14.7 Å². The highest BCUT2D eigenvalue weighted by Gasteiger charge is 2.24. The van der Waals surface area contributed by atoms with Crippen molar-refractivity contribution in [3.05, 3.63) is 68.9 Å². The second-order valence-corrected chi connectivity index (χ2v) is 6.06. The number of halogens is 1. The van der Waals surface area contributed by atoms with Crippen molar-refractivity contribution < 1.29 is 14.3 Å². The first-order valence-corrected chi connectivity index (χ1v) is 8.25. The number of rotatable bonds is 4. The van der Waals surface area contributed by atoms with E-state index >= 15 is 0 Å². The highest BCUT2D eigenvalue weighted by atomic mass is 127. The van der Waals surface area contributed by atoms with Crippen LogP contribution in [0.2, 0.25) is 0 Å². The lowest BCUT2D eigenvalue weighted by molar-refractivity contribution is -0.129. The largest absolute Gasteiger partial charge is 0.493 e. The molecule has 0 N–H and O–H groups in total. The molecule has 0 aromatic heterocycles. The molecule has 0 radical (unpaired) electrons. The molecular formula is C18H14INO3. The maximum atomic E-state index is 12.1. The van der Waals surface area contributed by atoms with Gasteiger partial charge in [0, 0.05) is 14.7 Å². The zero-order valence-corrected chi connectivity index (χ0v) is 14.6. The highest BCUT2D eigenvalue weighted by molar-refractivity contribution is 14.1. The molecule has 0 unspecified atom stereocenters. The van der Waals surface area contributed by atoms with E-state index in [1.165, 1.54) is 0 Å². The summed E-state index contributed by atoms with van der Waals surface area (Å²) in [5, 5.41) is 0. The molecule has 0 aliphatic carbocycles. The molecule has 4 nitrogen and oxygen atoms in total. The Morgan fingerprint density at radius 1 is 1.22 bits per heavy atom. The third-order valence-electron chi connectivity index (χ3n) is 3.20. The fourth-order valence-corrected chi connectivity index (χ4v) is 2.73. The summed E-state index contributed by atoms with van der Waals surface area (Å²) in [4.78, 5) is 16.4. The van der Waals surface area contributed by atoms with Crippen LogP contribution in [0.4, 0.5) is 0 Å². The Balaban J connectivity index is 1.95. The predicted octanol–water partition coefficient (Wildman–Crippen LogP) is 4.03. The summed E-state index contributed by atoms with van der Waals surface area (Å²) in [5.41, 5.74) is 1.85. The van der Waals surface area contributed by atoms with Crippen molar-refractivity contribution in [2.75, 3.05) is 6.61 Å². The number of esters is 1. The lowest BCUT2D eigenvalue weighted by Crippen LogP contribution is -2.05. The Kier molecular flexibility index (Phi) is 4.76. The number of aliphatic imine (C=N–C) groups is 1. The van der Waals surface area contributed by atoms with E-state index in [9.17, 15) is 4.79 Å². The zero-order valence-electron chi connectivity index (χ0n) is 12.5. The van der Waals surface area contributed by atoms with Crippen LogP contribution in [-0.2, 0) is 9.53 Å². The van der Waals surface area contributed by atoms with E-state index in [0.29, 0.717) is 18.3 Å². The Morgan fingerprint density at radius 3 is 2.83 bits per heavy atom. The third-order valence-corrected chi connectivity index (χ3v) is 3.87. The molecule has 0 bridgehead atoms. The van der Waals surface area contributed by atoms with Gasteiger partial charge >= 0.3 is 5.97 Å². The van der Waals surface area contributed by atoms with Gasteiger partial charge in [-0.25, -0.2) is 9.79 Å². The first-order valence-electron chi connectivity index (χ1n) is 7.17. The van der Waals surface area contributed by atoms with Gasteiger partial charge in [-0.2, -0.15) is 0 Å². The van der Waals surface area contributed by atoms with Crippen LogP contribution < -0.4 is 4.74 Å². The number of para-hydroxylation sites is 1.